The minimum absolute atomic E-state index is 0.172. The maximum Gasteiger partial charge on any atom is 0.261 e. The fourth-order valence-electron chi connectivity index (χ4n) is 2.48. The Morgan fingerprint density at radius 2 is 1.80 bits per heavy atom. The summed E-state index contributed by atoms with van der Waals surface area (Å²) in [5.41, 5.74) is 3.15. The number of rotatable bonds is 3. The number of benzene rings is 2. The van der Waals surface area contributed by atoms with Crippen molar-refractivity contribution in [3.8, 4) is 0 Å². The third-order valence-corrected chi connectivity index (χ3v) is 5.07. The van der Waals surface area contributed by atoms with Crippen LogP contribution in [0.4, 0.5) is 5.69 Å². The van der Waals surface area contributed by atoms with E-state index in [9.17, 15) is 8.42 Å². The molecular weight excluding hydrogens is 294 g/mol. The molecule has 0 aromatic heterocycles. The number of hydrogen-bond donors (Lipinski definition) is 1. The van der Waals surface area contributed by atoms with Gasteiger partial charge in [-0.2, -0.15) is 0 Å². The Labute approximate surface area is 123 Å². The van der Waals surface area contributed by atoms with Crippen LogP contribution in [-0.2, 0) is 22.9 Å². The van der Waals surface area contributed by atoms with Crippen LogP contribution in [-0.4, -0.2) is 8.42 Å². The second-order valence-electron chi connectivity index (χ2n) is 4.90. The number of nitrogens with one attached hydrogen (secondary N) is 1. The average molecular weight is 308 g/mol. The third-order valence-electron chi connectivity index (χ3n) is 3.46. The Morgan fingerprint density at radius 1 is 1.00 bits per heavy atom. The molecule has 3 rings (SSSR count). The molecule has 0 atom stereocenters. The van der Waals surface area contributed by atoms with E-state index in [1.165, 1.54) is 23.3 Å². The van der Waals surface area contributed by atoms with Gasteiger partial charge in [0.05, 0.1) is 4.90 Å². The third kappa shape index (κ3) is 2.67. The molecule has 1 aliphatic carbocycles. The highest BCUT2D eigenvalue weighted by molar-refractivity contribution is 7.92. The molecule has 0 spiro atoms. The van der Waals surface area contributed by atoms with Crippen LogP contribution in [0.15, 0.2) is 47.4 Å². The largest absolute Gasteiger partial charge is 0.280 e. The van der Waals surface area contributed by atoms with E-state index in [-0.39, 0.29) is 4.90 Å². The first kappa shape index (κ1) is 13.5. The smallest absolute Gasteiger partial charge is 0.261 e. The van der Waals surface area contributed by atoms with Crippen molar-refractivity contribution in [2.75, 3.05) is 4.72 Å². The lowest BCUT2D eigenvalue weighted by Gasteiger charge is -2.10. The summed E-state index contributed by atoms with van der Waals surface area (Å²) in [5.74, 6) is 0. The van der Waals surface area contributed by atoms with Crippen LogP contribution in [0.25, 0.3) is 0 Å². The van der Waals surface area contributed by atoms with Crippen molar-refractivity contribution in [2.45, 2.75) is 24.2 Å². The molecule has 1 N–H and O–H groups in total. The lowest BCUT2D eigenvalue weighted by Crippen LogP contribution is -2.13. The van der Waals surface area contributed by atoms with Gasteiger partial charge < -0.3 is 0 Å². The highest BCUT2D eigenvalue weighted by atomic mass is 35.5. The quantitative estimate of drug-likeness (QED) is 0.941. The van der Waals surface area contributed by atoms with Crippen LogP contribution in [0.2, 0.25) is 5.02 Å². The molecule has 3 nitrogen and oxygen atoms in total. The predicted octanol–water partition coefficient (Wildman–Crippen LogP) is 3.63. The van der Waals surface area contributed by atoms with Crippen LogP contribution in [0.5, 0.6) is 0 Å². The average Bonchev–Trinajstić information content (AvgIpc) is 2.85. The molecule has 0 fully saturated rings. The molecule has 0 bridgehead atoms. The molecule has 104 valence electrons. The first-order chi connectivity index (χ1) is 9.54. The molecule has 0 heterocycles. The van der Waals surface area contributed by atoms with Gasteiger partial charge in [-0.1, -0.05) is 23.7 Å². The van der Waals surface area contributed by atoms with Gasteiger partial charge in [-0.05, 0) is 60.7 Å². The molecule has 0 radical (unpaired) electrons. The molecule has 20 heavy (non-hydrogen) atoms. The summed E-state index contributed by atoms with van der Waals surface area (Å²) in [5, 5.41) is 0.404. The van der Waals surface area contributed by atoms with Crippen LogP contribution in [0, 0.1) is 0 Å². The molecule has 0 amide bonds. The van der Waals surface area contributed by atoms with Gasteiger partial charge in [0.2, 0.25) is 0 Å². The van der Waals surface area contributed by atoms with E-state index in [1.807, 2.05) is 18.2 Å². The van der Waals surface area contributed by atoms with Gasteiger partial charge in [0.15, 0.2) is 0 Å². The van der Waals surface area contributed by atoms with Crippen LogP contribution in [0.3, 0.4) is 0 Å². The van der Waals surface area contributed by atoms with Crippen LogP contribution >= 0.6 is 11.6 Å². The van der Waals surface area contributed by atoms with Crippen molar-refractivity contribution in [3.05, 3.63) is 58.6 Å². The summed E-state index contributed by atoms with van der Waals surface area (Å²) >= 11 is 5.84. The molecule has 1 aliphatic rings. The van der Waals surface area contributed by atoms with E-state index in [4.69, 9.17) is 11.6 Å². The van der Waals surface area contributed by atoms with E-state index in [2.05, 4.69) is 4.72 Å². The Morgan fingerprint density at radius 3 is 2.60 bits per heavy atom. The van der Waals surface area contributed by atoms with Gasteiger partial charge in [-0.25, -0.2) is 8.42 Å². The lowest BCUT2D eigenvalue weighted by molar-refractivity contribution is 0.601. The van der Waals surface area contributed by atoms with Crippen molar-refractivity contribution in [1.82, 2.24) is 0 Å². The van der Waals surface area contributed by atoms with Crippen molar-refractivity contribution in [2.24, 2.45) is 0 Å². The first-order valence-electron chi connectivity index (χ1n) is 6.45. The zero-order valence-corrected chi connectivity index (χ0v) is 12.3. The van der Waals surface area contributed by atoms with Gasteiger partial charge in [-0.3, -0.25) is 4.72 Å². The van der Waals surface area contributed by atoms with Crippen molar-refractivity contribution in [3.63, 3.8) is 0 Å². The topological polar surface area (TPSA) is 46.2 Å². The fraction of sp³-hybridized carbons (Fsp3) is 0.200. The Hall–Kier alpha value is -1.52. The highest BCUT2D eigenvalue weighted by Crippen LogP contribution is 2.26. The Kier molecular flexibility index (Phi) is 3.44. The van der Waals surface area contributed by atoms with Crippen LogP contribution in [0.1, 0.15) is 17.5 Å². The van der Waals surface area contributed by atoms with E-state index >= 15 is 0 Å². The fourth-order valence-corrected chi connectivity index (χ4v) is 3.83. The number of fused-ring (bicyclic) bond motifs is 1. The minimum atomic E-state index is -3.59. The van der Waals surface area contributed by atoms with Gasteiger partial charge >= 0.3 is 0 Å². The van der Waals surface area contributed by atoms with Gasteiger partial charge in [-0.15, -0.1) is 0 Å². The van der Waals surface area contributed by atoms with E-state index in [0.29, 0.717) is 10.7 Å². The molecule has 2 aromatic rings. The van der Waals surface area contributed by atoms with Crippen molar-refractivity contribution in [1.29, 1.82) is 0 Å². The normalized spacial score (nSPS) is 14.1. The van der Waals surface area contributed by atoms with Gasteiger partial charge in [0.25, 0.3) is 10.0 Å². The maximum absolute atomic E-state index is 12.3. The van der Waals surface area contributed by atoms with Gasteiger partial charge in [0.1, 0.15) is 0 Å². The Balaban J connectivity index is 1.90. The summed E-state index contributed by atoms with van der Waals surface area (Å²) in [6.07, 6.45) is 3.23. The zero-order chi connectivity index (χ0) is 14.2. The van der Waals surface area contributed by atoms with E-state index < -0.39 is 10.0 Å². The van der Waals surface area contributed by atoms with E-state index in [0.717, 1.165) is 19.3 Å². The molecule has 5 heteroatoms. The zero-order valence-electron chi connectivity index (χ0n) is 10.8. The summed E-state index contributed by atoms with van der Waals surface area (Å²) in [7, 11) is -3.59. The highest BCUT2D eigenvalue weighted by Gasteiger charge is 2.16. The molecule has 2 aromatic carbocycles. The minimum Gasteiger partial charge on any atom is -0.280 e. The SMILES string of the molecule is O=S(=O)(Nc1ccc2c(c1)CCC2)c1cccc(Cl)c1. The second-order valence-corrected chi connectivity index (χ2v) is 7.02. The molecule has 0 unspecified atom stereocenters. The van der Waals surface area contributed by atoms with Crippen molar-refractivity contribution >= 4 is 27.3 Å². The van der Waals surface area contributed by atoms with E-state index in [1.54, 1.807) is 12.1 Å². The molecule has 0 aliphatic heterocycles. The predicted molar refractivity (Wildman–Crippen MR) is 80.7 cm³/mol. The second kappa shape index (κ2) is 5.11. The molecule has 0 saturated carbocycles. The van der Waals surface area contributed by atoms with Gasteiger partial charge in [0, 0.05) is 10.7 Å². The maximum atomic E-state index is 12.3. The first-order valence-corrected chi connectivity index (χ1v) is 8.31. The number of sulfonamides is 1. The summed E-state index contributed by atoms with van der Waals surface area (Å²) in [6.45, 7) is 0. The number of hydrogen-bond acceptors (Lipinski definition) is 2. The molecular formula is C15H14ClNO2S. The summed E-state index contributed by atoms with van der Waals surface area (Å²) in [6, 6.07) is 12.0. The number of anilines is 1. The summed E-state index contributed by atoms with van der Waals surface area (Å²) < 4.78 is 27.2. The lowest BCUT2D eigenvalue weighted by atomic mass is 10.1. The van der Waals surface area contributed by atoms with Crippen molar-refractivity contribution < 1.29 is 8.42 Å². The summed E-state index contributed by atoms with van der Waals surface area (Å²) in [4.78, 5) is 0.172. The standard InChI is InChI=1S/C15H14ClNO2S/c16-13-5-2-6-15(10-13)20(18,19)17-14-8-7-11-3-1-4-12(11)9-14/h2,5-10,17H,1,3-4H2. The van der Waals surface area contributed by atoms with Crippen LogP contribution < -0.4 is 4.72 Å². The number of halogens is 1. The monoisotopic (exact) mass is 307 g/mol. The molecule has 0 saturated heterocycles. The Bertz CT molecular complexity index is 756. The number of aryl methyl sites for hydroxylation is 2.